The lowest BCUT2D eigenvalue weighted by atomic mass is 9.90. The number of hydrogen-bond acceptors (Lipinski definition) is 4. The van der Waals surface area contributed by atoms with Gasteiger partial charge in [0.1, 0.15) is 5.82 Å². The molecule has 2 N–H and O–H groups in total. The van der Waals surface area contributed by atoms with Gasteiger partial charge in [0.25, 0.3) is 5.91 Å². The van der Waals surface area contributed by atoms with Crippen molar-refractivity contribution in [3.63, 3.8) is 0 Å². The number of benzene rings is 2. The molecule has 0 saturated carbocycles. The molecule has 0 bridgehead atoms. The number of amides is 3. The zero-order valence-corrected chi connectivity index (χ0v) is 17.3. The van der Waals surface area contributed by atoms with E-state index in [4.69, 9.17) is 0 Å². The summed E-state index contributed by atoms with van der Waals surface area (Å²) in [5.74, 6) is -1.68. The maximum atomic E-state index is 14.6. The molecule has 2 aliphatic rings. The molecule has 2 aromatic carbocycles. The second-order valence-corrected chi connectivity index (χ2v) is 8.22. The first-order valence-electron chi connectivity index (χ1n) is 10.8. The van der Waals surface area contributed by atoms with Crippen LogP contribution in [0.2, 0.25) is 0 Å². The molecule has 1 atom stereocenters. The van der Waals surface area contributed by atoms with Crippen LogP contribution in [0.3, 0.4) is 0 Å². The van der Waals surface area contributed by atoms with Crippen molar-refractivity contribution in [1.29, 1.82) is 0 Å². The third-order valence-corrected chi connectivity index (χ3v) is 5.97. The number of carbonyl (C=O) groups is 3. The minimum atomic E-state index is -0.392. The zero-order valence-electron chi connectivity index (χ0n) is 17.3. The van der Waals surface area contributed by atoms with Crippen LogP contribution in [0.15, 0.2) is 42.5 Å². The predicted octanol–water partition coefficient (Wildman–Crippen LogP) is 3.58. The molecule has 0 aromatic heterocycles. The molecule has 3 amide bonds. The van der Waals surface area contributed by atoms with E-state index in [2.05, 4.69) is 15.5 Å². The summed E-state index contributed by atoms with van der Waals surface area (Å²) < 4.78 is 14.6. The molecular weight excluding hydrogens is 397 g/mol. The van der Waals surface area contributed by atoms with Crippen molar-refractivity contribution < 1.29 is 18.8 Å². The van der Waals surface area contributed by atoms with Gasteiger partial charge in [-0.05, 0) is 62.2 Å². The lowest BCUT2D eigenvalue weighted by Gasteiger charge is -2.26. The number of nitrogens with zero attached hydrogens (tertiary/aromatic N) is 1. The van der Waals surface area contributed by atoms with Crippen LogP contribution in [0.5, 0.6) is 0 Å². The van der Waals surface area contributed by atoms with Crippen LogP contribution in [-0.2, 0) is 16.1 Å². The molecule has 2 heterocycles. The fourth-order valence-corrected chi connectivity index (χ4v) is 4.19. The Labute approximate surface area is 180 Å². The molecule has 31 heavy (non-hydrogen) atoms. The van der Waals surface area contributed by atoms with Gasteiger partial charge in [0.15, 0.2) is 0 Å². The number of likely N-dealkylation sites (tertiary alicyclic amines) is 1. The highest BCUT2D eigenvalue weighted by molar-refractivity contribution is 6.04. The van der Waals surface area contributed by atoms with Crippen molar-refractivity contribution in [2.45, 2.75) is 44.6 Å². The topological polar surface area (TPSA) is 78.5 Å². The van der Waals surface area contributed by atoms with Gasteiger partial charge in [-0.3, -0.25) is 24.6 Å². The Morgan fingerprint density at radius 3 is 2.48 bits per heavy atom. The van der Waals surface area contributed by atoms with Gasteiger partial charge in [-0.2, -0.15) is 0 Å². The summed E-state index contributed by atoms with van der Waals surface area (Å²) in [7, 11) is 0. The molecule has 0 aliphatic carbocycles. The molecular formula is C24H26FN3O3. The van der Waals surface area contributed by atoms with Gasteiger partial charge < -0.3 is 5.32 Å². The predicted molar refractivity (Wildman–Crippen MR) is 115 cm³/mol. The molecule has 2 aromatic rings. The molecule has 7 heteroatoms. The lowest BCUT2D eigenvalue weighted by molar-refractivity contribution is -0.134. The molecule has 2 fully saturated rings. The Morgan fingerprint density at radius 1 is 1.06 bits per heavy atom. The van der Waals surface area contributed by atoms with Gasteiger partial charge in [0, 0.05) is 29.8 Å². The van der Waals surface area contributed by atoms with Crippen LogP contribution in [0.25, 0.3) is 0 Å². The fraction of sp³-hybridized carbons (Fsp3) is 0.375. The van der Waals surface area contributed by atoms with Crippen LogP contribution < -0.4 is 10.6 Å². The third-order valence-electron chi connectivity index (χ3n) is 5.97. The number of carbonyl (C=O) groups excluding carboxylic acids is 3. The zero-order chi connectivity index (χ0) is 21.8. The number of halogens is 1. The second-order valence-electron chi connectivity index (χ2n) is 8.22. The SMILES string of the molecule is O=C1CCC(c2ccc(NC(=O)c3ccc(CN4CCCCC4)c(F)c3)cc2)C(=O)N1. The first kappa shape index (κ1) is 21.2. The Morgan fingerprint density at radius 2 is 1.81 bits per heavy atom. The summed E-state index contributed by atoms with van der Waals surface area (Å²) in [5, 5.41) is 5.11. The smallest absolute Gasteiger partial charge is 0.255 e. The van der Waals surface area contributed by atoms with Crippen molar-refractivity contribution >= 4 is 23.4 Å². The minimum Gasteiger partial charge on any atom is -0.322 e. The van der Waals surface area contributed by atoms with E-state index in [9.17, 15) is 18.8 Å². The largest absolute Gasteiger partial charge is 0.322 e. The Balaban J connectivity index is 1.38. The van der Waals surface area contributed by atoms with Crippen molar-refractivity contribution in [3.05, 3.63) is 65.0 Å². The summed E-state index contributed by atoms with van der Waals surface area (Å²) in [6.45, 7) is 2.53. The minimum absolute atomic E-state index is 0.251. The first-order chi connectivity index (χ1) is 15.0. The van der Waals surface area contributed by atoms with Crippen LogP contribution in [-0.4, -0.2) is 35.7 Å². The molecule has 2 saturated heterocycles. The monoisotopic (exact) mass is 423 g/mol. The molecule has 2 aliphatic heterocycles. The summed E-state index contributed by atoms with van der Waals surface area (Å²) in [6, 6.07) is 11.6. The third kappa shape index (κ3) is 5.17. The second kappa shape index (κ2) is 9.39. The average molecular weight is 423 g/mol. The number of rotatable bonds is 5. The molecule has 1 unspecified atom stereocenters. The molecule has 6 nitrogen and oxygen atoms in total. The van der Waals surface area contributed by atoms with Crippen molar-refractivity contribution in [1.82, 2.24) is 10.2 Å². The van der Waals surface area contributed by atoms with Crippen LogP contribution >= 0.6 is 0 Å². The van der Waals surface area contributed by atoms with Gasteiger partial charge in [0.05, 0.1) is 5.92 Å². The van der Waals surface area contributed by atoms with E-state index in [0.717, 1.165) is 31.5 Å². The van der Waals surface area contributed by atoms with Crippen LogP contribution in [0.1, 0.15) is 59.5 Å². The summed E-state index contributed by atoms with van der Waals surface area (Å²) in [6.07, 6.45) is 4.30. The van der Waals surface area contributed by atoms with Crippen molar-refractivity contribution in [2.24, 2.45) is 0 Å². The summed E-state index contributed by atoms with van der Waals surface area (Å²) in [5.41, 5.74) is 2.20. The Bertz CT molecular complexity index is 984. The van der Waals surface area contributed by atoms with Gasteiger partial charge in [-0.1, -0.05) is 24.6 Å². The Kier molecular flexibility index (Phi) is 6.42. The number of piperidine rings is 2. The van der Waals surface area contributed by atoms with E-state index in [0.29, 0.717) is 30.6 Å². The normalized spacial score (nSPS) is 19.7. The number of anilines is 1. The maximum absolute atomic E-state index is 14.6. The van der Waals surface area contributed by atoms with Gasteiger partial charge >= 0.3 is 0 Å². The van der Waals surface area contributed by atoms with Crippen LogP contribution in [0.4, 0.5) is 10.1 Å². The maximum Gasteiger partial charge on any atom is 0.255 e. The standard InChI is InChI=1S/C24H26FN3O3/c25-21-14-17(4-5-18(21)15-28-12-2-1-3-13-28)23(30)26-19-8-6-16(7-9-19)20-10-11-22(29)27-24(20)31/h4-9,14,20H,1-3,10-13,15H2,(H,26,30)(H,27,29,31). The van der Waals surface area contributed by atoms with E-state index >= 15 is 0 Å². The van der Waals surface area contributed by atoms with Gasteiger partial charge in [-0.25, -0.2) is 4.39 Å². The molecule has 0 radical (unpaired) electrons. The molecule has 0 spiro atoms. The van der Waals surface area contributed by atoms with Crippen molar-refractivity contribution in [2.75, 3.05) is 18.4 Å². The highest BCUT2D eigenvalue weighted by atomic mass is 19.1. The van der Waals surface area contributed by atoms with Gasteiger partial charge in [-0.15, -0.1) is 0 Å². The highest BCUT2D eigenvalue weighted by Gasteiger charge is 2.27. The highest BCUT2D eigenvalue weighted by Crippen LogP contribution is 2.26. The van der Waals surface area contributed by atoms with E-state index in [1.54, 1.807) is 36.4 Å². The quantitative estimate of drug-likeness (QED) is 0.721. The number of nitrogens with one attached hydrogen (secondary N) is 2. The van der Waals surface area contributed by atoms with E-state index in [-0.39, 0.29) is 29.1 Å². The fourth-order valence-electron chi connectivity index (χ4n) is 4.19. The summed E-state index contributed by atoms with van der Waals surface area (Å²) >= 11 is 0. The average Bonchev–Trinajstić information content (AvgIpc) is 2.76. The molecule has 162 valence electrons. The number of imide groups is 1. The van der Waals surface area contributed by atoms with E-state index < -0.39 is 5.91 Å². The van der Waals surface area contributed by atoms with Crippen LogP contribution in [0, 0.1) is 5.82 Å². The first-order valence-corrected chi connectivity index (χ1v) is 10.8. The Hall–Kier alpha value is -3.06. The summed E-state index contributed by atoms with van der Waals surface area (Å²) in [4.78, 5) is 38.1. The molecule has 4 rings (SSSR count). The van der Waals surface area contributed by atoms with Crippen molar-refractivity contribution in [3.8, 4) is 0 Å². The number of hydrogen-bond donors (Lipinski definition) is 2. The van der Waals surface area contributed by atoms with Gasteiger partial charge in [0.2, 0.25) is 11.8 Å². The van der Waals surface area contributed by atoms with E-state index in [1.165, 1.54) is 12.5 Å². The van der Waals surface area contributed by atoms with E-state index in [1.807, 2.05) is 0 Å². The lowest BCUT2D eigenvalue weighted by Crippen LogP contribution is -2.39.